The Morgan fingerprint density at radius 2 is 1.52 bits per heavy atom. The van der Waals surface area contributed by atoms with Crippen LogP contribution in [0.3, 0.4) is 0 Å². The Labute approximate surface area is 124 Å². The van der Waals surface area contributed by atoms with Crippen molar-refractivity contribution in [3.8, 4) is 0 Å². The van der Waals surface area contributed by atoms with Gasteiger partial charge in [-0.25, -0.2) is 4.39 Å². The first-order valence-corrected chi connectivity index (χ1v) is 7.16. The molecule has 2 aromatic carbocycles. The number of hydrogen-bond acceptors (Lipinski definition) is 3. The fraction of sp³-hybridized carbons (Fsp3) is 0.235. The van der Waals surface area contributed by atoms with Gasteiger partial charge in [-0.1, -0.05) is 30.3 Å². The zero-order valence-electron chi connectivity index (χ0n) is 11.8. The van der Waals surface area contributed by atoms with Crippen LogP contribution in [0.2, 0.25) is 0 Å². The topological polar surface area (TPSA) is 18.8 Å². The monoisotopic (exact) mass is 283 g/mol. The van der Waals surface area contributed by atoms with E-state index in [1.54, 1.807) is 18.3 Å². The SMILES string of the molecule is Fc1ccc(/C=N\N2CCN(c3ccccc3)CC2)cc1. The Morgan fingerprint density at radius 3 is 2.19 bits per heavy atom. The molecule has 1 fully saturated rings. The normalized spacial score (nSPS) is 15.7. The van der Waals surface area contributed by atoms with Crippen LogP contribution < -0.4 is 4.90 Å². The van der Waals surface area contributed by atoms with Crippen LogP contribution in [0.4, 0.5) is 10.1 Å². The summed E-state index contributed by atoms with van der Waals surface area (Å²) in [5.41, 5.74) is 2.18. The van der Waals surface area contributed by atoms with E-state index < -0.39 is 0 Å². The van der Waals surface area contributed by atoms with Gasteiger partial charge in [0.2, 0.25) is 0 Å². The molecule has 3 rings (SSSR count). The van der Waals surface area contributed by atoms with Crippen molar-refractivity contribution in [2.75, 3.05) is 31.1 Å². The van der Waals surface area contributed by atoms with Crippen LogP contribution in [0.15, 0.2) is 59.7 Å². The Morgan fingerprint density at radius 1 is 0.857 bits per heavy atom. The van der Waals surface area contributed by atoms with Gasteiger partial charge in [-0.3, -0.25) is 5.01 Å². The first kappa shape index (κ1) is 13.6. The molecule has 0 radical (unpaired) electrons. The quantitative estimate of drug-likeness (QED) is 0.806. The molecule has 0 spiro atoms. The molecule has 0 aromatic heterocycles. The molecule has 1 heterocycles. The van der Waals surface area contributed by atoms with Crippen molar-refractivity contribution in [2.24, 2.45) is 5.10 Å². The van der Waals surface area contributed by atoms with E-state index in [-0.39, 0.29) is 5.82 Å². The summed E-state index contributed by atoms with van der Waals surface area (Å²) in [7, 11) is 0. The molecule has 3 nitrogen and oxygen atoms in total. The van der Waals surface area contributed by atoms with Gasteiger partial charge in [-0.2, -0.15) is 5.10 Å². The van der Waals surface area contributed by atoms with E-state index in [0.29, 0.717) is 0 Å². The summed E-state index contributed by atoms with van der Waals surface area (Å²) in [6.45, 7) is 3.72. The summed E-state index contributed by atoms with van der Waals surface area (Å²) >= 11 is 0. The van der Waals surface area contributed by atoms with Crippen LogP contribution in [0, 0.1) is 5.82 Å². The molecule has 0 amide bonds. The minimum absolute atomic E-state index is 0.219. The summed E-state index contributed by atoms with van der Waals surface area (Å²) in [6, 6.07) is 16.8. The first-order valence-electron chi connectivity index (χ1n) is 7.16. The van der Waals surface area contributed by atoms with Gasteiger partial charge in [0.15, 0.2) is 0 Å². The molecule has 0 bridgehead atoms. The number of piperazine rings is 1. The highest BCUT2D eigenvalue weighted by Crippen LogP contribution is 2.15. The van der Waals surface area contributed by atoms with Crippen molar-refractivity contribution in [2.45, 2.75) is 0 Å². The Kier molecular flexibility index (Phi) is 4.15. The lowest BCUT2D eigenvalue weighted by atomic mass is 10.2. The standard InChI is InChI=1S/C17H18FN3/c18-16-8-6-15(7-9-16)14-19-21-12-10-20(11-13-21)17-4-2-1-3-5-17/h1-9,14H,10-13H2/b19-14-. The molecule has 1 aliphatic rings. The molecule has 2 aromatic rings. The number of anilines is 1. The van der Waals surface area contributed by atoms with Crippen molar-refractivity contribution in [3.05, 3.63) is 66.0 Å². The Balaban J connectivity index is 1.55. The van der Waals surface area contributed by atoms with Gasteiger partial charge in [0.05, 0.1) is 19.3 Å². The second kappa shape index (κ2) is 6.39. The predicted molar refractivity (Wildman–Crippen MR) is 84.2 cm³/mol. The molecular weight excluding hydrogens is 265 g/mol. The molecule has 0 aliphatic carbocycles. The maximum absolute atomic E-state index is 12.8. The summed E-state index contributed by atoms with van der Waals surface area (Å²) < 4.78 is 12.8. The molecule has 0 N–H and O–H groups in total. The zero-order valence-corrected chi connectivity index (χ0v) is 11.8. The molecule has 4 heteroatoms. The fourth-order valence-corrected chi connectivity index (χ4v) is 2.41. The molecular formula is C17H18FN3. The predicted octanol–water partition coefficient (Wildman–Crippen LogP) is 2.98. The van der Waals surface area contributed by atoms with E-state index in [9.17, 15) is 4.39 Å². The van der Waals surface area contributed by atoms with Crippen LogP contribution in [-0.2, 0) is 0 Å². The zero-order chi connectivity index (χ0) is 14.5. The second-order valence-corrected chi connectivity index (χ2v) is 5.07. The lowest BCUT2D eigenvalue weighted by molar-refractivity contribution is 0.272. The smallest absolute Gasteiger partial charge is 0.123 e. The van der Waals surface area contributed by atoms with Crippen molar-refractivity contribution < 1.29 is 4.39 Å². The average molecular weight is 283 g/mol. The highest BCUT2D eigenvalue weighted by molar-refractivity contribution is 5.79. The van der Waals surface area contributed by atoms with Gasteiger partial charge in [0, 0.05) is 18.8 Å². The number of benzene rings is 2. The highest BCUT2D eigenvalue weighted by atomic mass is 19.1. The van der Waals surface area contributed by atoms with Crippen LogP contribution in [0.25, 0.3) is 0 Å². The fourth-order valence-electron chi connectivity index (χ4n) is 2.41. The van der Waals surface area contributed by atoms with E-state index in [2.05, 4.69) is 39.3 Å². The summed E-state index contributed by atoms with van der Waals surface area (Å²) in [6.07, 6.45) is 1.79. The third kappa shape index (κ3) is 3.60. The van der Waals surface area contributed by atoms with Gasteiger partial charge in [-0.15, -0.1) is 0 Å². The number of para-hydroxylation sites is 1. The molecule has 0 unspecified atom stereocenters. The van der Waals surface area contributed by atoms with Crippen molar-refractivity contribution in [1.82, 2.24) is 5.01 Å². The van der Waals surface area contributed by atoms with E-state index in [1.807, 2.05) is 6.07 Å². The molecule has 21 heavy (non-hydrogen) atoms. The summed E-state index contributed by atoms with van der Waals surface area (Å²) in [5, 5.41) is 6.53. The lowest BCUT2D eigenvalue weighted by Gasteiger charge is -2.34. The van der Waals surface area contributed by atoms with Crippen LogP contribution in [0.5, 0.6) is 0 Å². The molecule has 1 aliphatic heterocycles. The van der Waals surface area contributed by atoms with E-state index in [1.165, 1.54) is 17.8 Å². The maximum Gasteiger partial charge on any atom is 0.123 e. The van der Waals surface area contributed by atoms with Crippen LogP contribution in [-0.4, -0.2) is 37.4 Å². The minimum Gasteiger partial charge on any atom is -0.368 e. The third-order valence-corrected chi connectivity index (χ3v) is 3.62. The number of halogens is 1. The number of nitrogens with zero attached hydrogens (tertiary/aromatic N) is 3. The average Bonchev–Trinajstić information content (AvgIpc) is 2.56. The third-order valence-electron chi connectivity index (χ3n) is 3.62. The molecule has 0 saturated carbocycles. The van der Waals surface area contributed by atoms with Gasteiger partial charge >= 0.3 is 0 Å². The van der Waals surface area contributed by atoms with Crippen LogP contribution >= 0.6 is 0 Å². The number of hydrazone groups is 1. The lowest BCUT2D eigenvalue weighted by Crippen LogP contribution is -2.44. The second-order valence-electron chi connectivity index (χ2n) is 5.07. The number of rotatable bonds is 3. The Bertz CT molecular complexity index is 587. The number of hydrogen-bond donors (Lipinski definition) is 0. The largest absolute Gasteiger partial charge is 0.368 e. The summed E-state index contributed by atoms with van der Waals surface area (Å²) in [4.78, 5) is 2.36. The van der Waals surface area contributed by atoms with Gasteiger partial charge < -0.3 is 4.90 Å². The van der Waals surface area contributed by atoms with Gasteiger partial charge in [0.1, 0.15) is 5.82 Å². The van der Waals surface area contributed by atoms with Gasteiger partial charge in [0.25, 0.3) is 0 Å². The highest BCUT2D eigenvalue weighted by Gasteiger charge is 2.15. The minimum atomic E-state index is -0.219. The molecule has 1 saturated heterocycles. The van der Waals surface area contributed by atoms with Gasteiger partial charge in [-0.05, 0) is 29.8 Å². The van der Waals surface area contributed by atoms with Crippen molar-refractivity contribution >= 4 is 11.9 Å². The first-order chi connectivity index (χ1) is 10.3. The van der Waals surface area contributed by atoms with Crippen LogP contribution in [0.1, 0.15) is 5.56 Å². The van der Waals surface area contributed by atoms with E-state index in [0.717, 1.165) is 31.7 Å². The van der Waals surface area contributed by atoms with Crippen molar-refractivity contribution in [1.29, 1.82) is 0 Å². The van der Waals surface area contributed by atoms with E-state index in [4.69, 9.17) is 0 Å². The molecule has 0 atom stereocenters. The molecule has 108 valence electrons. The maximum atomic E-state index is 12.8. The Hall–Kier alpha value is -2.36. The van der Waals surface area contributed by atoms with E-state index >= 15 is 0 Å². The summed E-state index contributed by atoms with van der Waals surface area (Å²) in [5.74, 6) is -0.219. The van der Waals surface area contributed by atoms with Crippen molar-refractivity contribution in [3.63, 3.8) is 0 Å².